The third-order valence-corrected chi connectivity index (χ3v) is 9.04. The Kier molecular flexibility index (Phi) is 33.3. The van der Waals surface area contributed by atoms with Gasteiger partial charge in [-0.25, -0.2) is 4.57 Å². The molecule has 0 aromatic carbocycles. The highest BCUT2D eigenvalue weighted by Gasteiger charge is 2.25. The van der Waals surface area contributed by atoms with E-state index >= 15 is 0 Å². The zero-order chi connectivity index (χ0) is 34.7. The second kappa shape index (κ2) is 34.4. The third-order valence-electron chi connectivity index (χ3n) is 7.98. The van der Waals surface area contributed by atoms with Crippen LogP contribution >= 0.6 is 7.82 Å². The van der Waals surface area contributed by atoms with E-state index in [4.69, 9.17) is 18.5 Å². The van der Waals surface area contributed by atoms with Crippen LogP contribution < -0.4 is 0 Å². The molecule has 0 aromatic heterocycles. The van der Waals surface area contributed by atoms with E-state index in [2.05, 4.69) is 38.2 Å². The number of unbranched alkanes of at least 4 members (excludes halogenated alkanes) is 19. The van der Waals surface area contributed by atoms with E-state index in [1.54, 1.807) is 6.92 Å². The smallest absolute Gasteiger partial charge is 0.462 e. The van der Waals surface area contributed by atoms with Gasteiger partial charge in [0.25, 0.3) is 0 Å². The molecule has 0 fully saturated rings. The minimum atomic E-state index is -4.27. The van der Waals surface area contributed by atoms with E-state index in [1.165, 1.54) is 70.6 Å². The highest BCUT2D eigenvalue weighted by atomic mass is 31.2. The van der Waals surface area contributed by atoms with Gasteiger partial charge in [-0.05, 0) is 71.1 Å². The summed E-state index contributed by atoms with van der Waals surface area (Å²) < 4.78 is 32.5. The Labute approximate surface area is 288 Å². The lowest BCUT2D eigenvalue weighted by molar-refractivity contribution is -0.161. The summed E-state index contributed by atoms with van der Waals surface area (Å²) in [5.74, 6) is -0.817. The number of rotatable bonds is 35. The molecule has 0 saturated carbocycles. The summed E-state index contributed by atoms with van der Waals surface area (Å²) in [6, 6.07) is 0. The summed E-state index contributed by atoms with van der Waals surface area (Å²) in [5, 5.41) is 0. The Morgan fingerprint density at radius 3 is 1.43 bits per heavy atom. The normalized spacial score (nSPS) is 13.7. The molecule has 2 atom stereocenters. The largest absolute Gasteiger partial charge is 0.472 e. The molecular formula is C38H71O8P. The first-order chi connectivity index (χ1) is 22.8. The van der Waals surface area contributed by atoms with Crippen LogP contribution in [0, 0.1) is 0 Å². The molecular weight excluding hydrogens is 615 g/mol. The zero-order valence-corrected chi connectivity index (χ0v) is 31.3. The predicted octanol–water partition coefficient (Wildman–Crippen LogP) is 11.5. The molecule has 0 amide bonds. The number of hydrogen-bond donors (Lipinski definition) is 1. The van der Waals surface area contributed by atoms with Crippen molar-refractivity contribution in [2.24, 2.45) is 0 Å². The lowest BCUT2D eigenvalue weighted by atomic mass is 10.1. The first-order valence-electron chi connectivity index (χ1n) is 19.1. The number of phosphoric ester groups is 1. The summed E-state index contributed by atoms with van der Waals surface area (Å²) in [6.07, 6.45) is 35.1. The van der Waals surface area contributed by atoms with Gasteiger partial charge in [0, 0.05) is 12.8 Å². The standard InChI is InChI=1S/C38H71O8P/c1-4-7-9-11-13-15-17-19-21-23-25-27-29-31-33-38(40)46-36(35-45-47(41,42)44-6-3)34-43-37(39)32-30-28-26-24-22-20-18-16-14-12-10-8-5-2/h16-19,36H,4-15,20-35H2,1-3H3,(H,41,42)/b18-16-,19-17-. The maximum atomic E-state index is 12.5. The van der Waals surface area contributed by atoms with E-state index in [0.29, 0.717) is 6.42 Å². The SMILES string of the molecule is CCCCCC/C=C\CCCCCCCC(=O)OCC(COP(=O)(O)OCC)OC(=O)CCCCCCC/C=C\CCCCCCC. The van der Waals surface area contributed by atoms with Gasteiger partial charge in [-0.1, -0.05) is 122 Å². The molecule has 47 heavy (non-hydrogen) atoms. The summed E-state index contributed by atoms with van der Waals surface area (Å²) in [4.78, 5) is 34.6. The molecule has 0 aliphatic carbocycles. The summed E-state index contributed by atoms with van der Waals surface area (Å²) in [7, 11) is -4.27. The molecule has 0 radical (unpaired) electrons. The van der Waals surface area contributed by atoms with Gasteiger partial charge in [-0.3, -0.25) is 18.6 Å². The third kappa shape index (κ3) is 34.2. The lowest BCUT2D eigenvalue weighted by Gasteiger charge is -2.19. The molecule has 1 N–H and O–H groups in total. The van der Waals surface area contributed by atoms with Crippen LogP contribution in [0.2, 0.25) is 0 Å². The molecule has 276 valence electrons. The summed E-state index contributed by atoms with van der Waals surface area (Å²) >= 11 is 0. The molecule has 0 bridgehead atoms. The minimum absolute atomic E-state index is 0.00153. The van der Waals surface area contributed by atoms with E-state index < -0.39 is 26.5 Å². The van der Waals surface area contributed by atoms with Crippen molar-refractivity contribution in [3.05, 3.63) is 24.3 Å². The van der Waals surface area contributed by atoms with E-state index in [1.807, 2.05) is 0 Å². The topological polar surface area (TPSA) is 108 Å². The fraction of sp³-hybridized carbons (Fsp3) is 0.842. The molecule has 0 heterocycles. The fourth-order valence-electron chi connectivity index (χ4n) is 5.15. The molecule has 8 nitrogen and oxygen atoms in total. The fourth-order valence-corrected chi connectivity index (χ4v) is 5.90. The van der Waals surface area contributed by atoms with Gasteiger partial charge < -0.3 is 14.4 Å². The molecule has 0 aliphatic rings. The Hall–Kier alpha value is -1.47. The lowest BCUT2D eigenvalue weighted by Crippen LogP contribution is -2.29. The van der Waals surface area contributed by atoms with Crippen LogP contribution in [-0.2, 0) is 32.7 Å². The van der Waals surface area contributed by atoms with Gasteiger partial charge in [-0.15, -0.1) is 0 Å². The molecule has 0 rings (SSSR count). The monoisotopic (exact) mass is 686 g/mol. The molecule has 2 unspecified atom stereocenters. The van der Waals surface area contributed by atoms with E-state index in [0.717, 1.165) is 70.6 Å². The van der Waals surface area contributed by atoms with Crippen LogP contribution in [-0.4, -0.2) is 42.8 Å². The average Bonchev–Trinajstić information content (AvgIpc) is 3.04. The van der Waals surface area contributed by atoms with Crippen molar-refractivity contribution in [3.8, 4) is 0 Å². The molecule has 0 aromatic rings. The number of allylic oxidation sites excluding steroid dienone is 4. The van der Waals surface area contributed by atoms with Crippen molar-refractivity contribution in [2.45, 2.75) is 187 Å². The number of ether oxygens (including phenoxy) is 2. The Morgan fingerprint density at radius 1 is 0.553 bits per heavy atom. The number of esters is 2. The van der Waals surface area contributed by atoms with Crippen LogP contribution in [0.5, 0.6) is 0 Å². The van der Waals surface area contributed by atoms with Crippen molar-refractivity contribution in [3.63, 3.8) is 0 Å². The van der Waals surface area contributed by atoms with E-state index in [-0.39, 0.29) is 32.0 Å². The van der Waals surface area contributed by atoms with E-state index in [9.17, 15) is 19.0 Å². The number of hydrogen-bond acceptors (Lipinski definition) is 7. The summed E-state index contributed by atoms with van der Waals surface area (Å²) in [5.41, 5.74) is 0. The minimum Gasteiger partial charge on any atom is -0.462 e. The van der Waals surface area contributed by atoms with Crippen LogP contribution in [0.25, 0.3) is 0 Å². The van der Waals surface area contributed by atoms with Crippen molar-refractivity contribution >= 4 is 19.8 Å². The molecule has 9 heteroatoms. The van der Waals surface area contributed by atoms with Gasteiger partial charge in [0.2, 0.25) is 0 Å². The predicted molar refractivity (Wildman–Crippen MR) is 193 cm³/mol. The van der Waals surface area contributed by atoms with Crippen molar-refractivity contribution in [1.82, 2.24) is 0 Å². The quantitative estimate of drug-likeness (QED) is 0.0304. The van der Waals surface area contributed by atoms with Crippen LogP contribution in [0.3, 0.4) is 0 Å². The zero-order valence-electron chi connectivity index (χ0n) is 30.4. The van der Waals surface area contributed by atoms with Gasteiger partial charge in [-0.2, -0.15) is 0 Å². The molecule has 0 saturated heterocycles. The maximum Gasteiger partial charge on any atom is 0.472 e. The van der Waals surface area contributed by atoms with Gasteiger partial charge in [0.1, 0.15) is 6.61 Å². The van der Waals surface area contributed by atoms with Gasteiger partial charge >= 0.3 is 19.8 Å². The van der Waals surface area contributed by atoms with Crippen molar-refractivity contribution < 1.29 is 37.6 Å². The number of carbonyl (C=O) groups is 2. The maximum absolute atomic E-state index is 12.5. The summed E-state index contributed by atoms with van der Waals surface area (Å²) in [6.45, 7) is 5.42. The first-order valence-corrected chi connectivity index (χ1v) is 20.6. The average molecular weight is 687 g/mol. The van der Waals surface area contributed by atoms with Gasteiger partial charge in [0.15, 0.2) is 6.10 Å². The van der Waals surface area contributed by atoms with Gasteiger partial charge in [0.05, 0.1) is 13.2 Å². The molecule has 0 spiro atoms. The Bertz CT molecular complexity index is 829. The Morgan fingerprint density at radius 2 is 0.957 bits per heavy atom. The van der Waals surface area contributed by atoms with Crippen LogP contribution in [0.4, 0.5) is 0 Å². The number of carbonyl (C=O) groups excluding carboxylic acids is 2. The first kappa shape index (κ1) is 45.5. The van der Waals surface area contributed by atoms with Crippen LogP contribution in [0.15, 0.2) is 24.3 Å². The highest BCUT2D eigenvalue weighted by Crippen LogP contribution is 2.43. The second-order valence-corrected chi connectivity index (χ2v) is 14.0. The second-order valence-electron chi connectivity index (χ2n) is 12.6. The highest BCUT2D eigenvalue weighted by molar-refractivity contribution is 7.47. The molecule has 0 aliphatic heterocycles. The van der Waals surface area contributed by atoms with Crippen molar-refractivity contribution in [1.29, 1.82) is 0 Å². The number of phosphoric acid groups is 1. The van der Waals surface area contributed by atoms with Crippen molar-refractivity contribution in [2.75, 3.05) is 19.8 Å². The Balaban J connectivity index is 4.18. The van der Waals surface area contributed by atoms with Crippen LogP contribution in [0.1, 0.15) is 181 Å².